The van der Waals surface area contributed by atoms with Crippen molar-refractivity contribution in [2.45, 2.75) is 36.6 Å². The molecule has 0 unspecified atom stereocenters. The van der Waals surface area contributed by atoms with Gasteiger partial charge in [-0.05, 0) is 23.6 Å². The molecule has 24 heavy (non-hydrogen) atoms. The number of aromatic nitrogens is 2. The average molecular weight is 344 g/mol. The maximum absolute atomic E-state index is 12.7. The van der Waals surface area contributed by atoms with Gasteiger partial charge in [-0.25, -0.2) is 8.42 Å². The Balaban J connectivity index is 1.85. The second kappa shape index (κ2) is 6.04. The minimum absolute atomic E-state index is 0.229. The van der Waals surface area contributed by atoms with Crippen LogP contribution in [0.25, 0.3) is 0 Å². The highest BCUT2D eigenvalue weighted by molar-refractivity contribution is 7.89. The van der Waals surface area contributed by atoms with E-state index in [4.69, 9.17) is 0 Å². The van der Waals surface area contributed by atoms with Gasteiger partial charge in [-0.15, -0.1) is 0 Å². The van der Waals surface area contributed by atoms with E-state index in [9.17, 15) is 13.7 Å². The molecule has 0 saturated carbocycles. The molecule has 1 aliphatic heterocycles. The van der Waals surface area contributed by atoms with Gasteiger partial charge in [0.25, 0.3) is 0 Å². The summed E-state index contributed by atoms with van der Waals surface area (Å²) in [7, 11) is -3.53. The molecule has 1 aliphatic rings. The lowest BCUT2D eigenvalue weighted by atomic mass is 9.89. The number of hydrogen-bond donors (Lipinski definition) is 0. The lowest BCUT2D eigenvalue weighted by Crippen LogP contribution is -2.64. The number of rotatable bonds is 5. The summed E-state index contributed by atoms with van der Waals surface area (Å²) in [5, 5.41) is 13.6. The zero-order valence-electron chi connectivity index (χ0n) is 13.8. The van der Waals surface area contributed by atoms with Crippen LogP contribution in [0, 0.1) is 11.3 Å². The van der Waals surface area contributed by atoms with Crippen LogP contribution in [0.15, 0.2) is 47.6 Å². The van der Waals surface area contributed by atoms with Gasteiger partial charge in [0.15, 0.2) is 0 Å². The molecule has 1 saturated heterocycles. The quantitative estimate of drug-likeness (QED) is 0.834. The summed E-state index contributed by atoms with van der Waals surface area (Å²) in [5.41, 5.74) is 0.501. The Kier molecular flexibility index (Phi) is 4.20. The fourth-order valence-electron chi connectivity index (χ4n) is 2.90. The fraction of sp³-hybridized carbons (Fsp3) is 0.412. The first-order valence-corrected chi connectivity index (χ1v) is 9.30. The second-order valence-corrected chi connectivity index (χ2v) is 8.46. The Morgan fingerprint density at radius 3 is 2.50 bits per heavy atom. The molecular weight excluding hydrogens is 324 g/mol. The van der Waals surface area contributed by atoms with Crippen LogP contribution in [0.3, 0.4) is 0 Å². The number of benzene rings is 1. The van der Waals surface area contributed by atoms with Gasteiger partial charge in [-0.2, -0.15) is 14.7 Å². The Bertz CT molecular complexity index is 859. The van der Waals surface area contributed by atoms with Crippen LogP contribution < -0.4 is 0 Å². The van der Waals surface area contributed by atoms with E-state index in [-0.39, 0.29) is 24.4 Å². The molecule has 126 valence electrons. The minimum Gasteiger partial charge on any atom is -0.263 e. The van der Waals surface area contributed by atoms with E-state index in [1.54, 1.807) is 41.2 Å². The van der Waals surface area contributed by atoms with E-state index in [1.165, 1.54) is 4.31 Å². The first-order chi connectivity index (χ1) is 11.4. The van der Waals surface area contributed by atoms with Crippen molar-refractivity contribution in [3.8, 4) is 6.07 Å². The lowest BCUT2D eigenvalue weighted by Gasteiger charge is -2.47. The molecule has 0 bridgehead atoms. The van der Waals surface area contributed by atoms with Crippen molar-refractivity contribution in [3.63, 3.8) is 0 Å². The van der Waals surface area contributed by atoms with E-state index < -0.39 is 15.6 Å². The molecule has 2 heterocycles. The third-order valence-corrected chi connectivity index (χ3v) is 6.29. The summed E-state index contributed by atoms with van der Waals surface area (Å²) >= 11 is 0. The van der Waals surface area contributed by atoms with Crippen molar-refractivity contribution in [2.24, 2.45) is 0 Å². The van der Waals surface area contributed by atoms with Gasteiger partial charge >= 0.3 is 0 Å². The Morgan fingerprint density at radius 2 is 1.96 bits per heavy atom. The fourth-order valence-corrected chi connectivity index (χ4v) is 4.52. The molecule has 3 rings (SSSR count). The van der Waals surface area contributed by atoms with Crippen LogP contribution in [-0.2, 0) is 15.6 Å². The highest BCUT2D eigenvalue weighted by Gasteiger charge is 2.50. The summed E-state index contributed by atoms with van der Waals surface area (Å²) in [6.07, 6.45) is 3.94. The van der Waals surface area contributed by atoms with Crippen LogP contribution in [0.2, 0.25) is 0 Å². The highest BCUT2D eigenvalue weighted by atomic mass is 32.2. The molecule has 6 nitrogen and oxygen atoms in total. The van der Waals surface area contributed by atoms with E-state index in [2.05, 4.69) is 25.0 Å². The van der Waals surface area contributed by atoms with Gasteiger partial charge in [0.1, 0.15) is 5.54 Å². The van der Waals surface area contributed by atoms with Crippen molar-refractivity contribution < 1.29 is 8.42 Å². The predicted molar refractivity (Wildman–Crippen MR) is 89.7 cm³/mol. The van der Waals surface area contributed by atoms with E-state index in [0.29, 0.717) is 5.92 Å². The average Bonchev–Trinajstić information content (AvgIpc) is 3.01. The zero-order chi connectivity index (χ0) is 17.4. The molecule has 2 aromatic rings. The first kappa shape index (κ1) is 16.7. The van der Waals surface area contributed by atoms with Crippen molar-refractivity contribution in [1.82, 2.24) is 14.1 Å². The third-order valence-electron chi connectivity index (χ3n) is 4.49. The van der Waals surface area contributed by atoms with Crippen molar-refractivity contribution in [2.75, 3.05) is 13.1 Å². The number of sulfonamides is 1. The number of nitriles is 1. The third kappa shape index (κ3) is 2.72. The van der Waals surface area contributed by atoms with Gasteiger partial charge in [0.2, 0.25) is 10.0 Å². The predicted octanol–water partition coefficient (Wildman–Crippen LogP) is 2.32. The Hall–Kier alpha value is -2.17. The van der Waals surface area contributed by atoms with E-state index in [0.717, 1.165) is 5.56 Å². The first-order valence-electron chi connectivity index (χ1n) is 7.86. The van der Waals surface area contributed by atoms with Gasteiger partial charge in [0, 0.05) is 19.3 Å². The largest absolute Gasteiger partial charge is 0.263 e. The van der Waals surface area contributed by atoms with Crippen molar-refractivity contribution >= 4 is 10.0 Å². The summed E-state index contributed by atoms with van der Waals surface area (Å²) in [6, 6.07) is 10.5. The van der Waals surface area contributed by atoms with Gasteiger partial charge in [-0.1, -0.05) is 32.0 Å². The molecule has 0 spiro atoms. The molecule has 0 radical (unpaired) electrons. The van der Waals surface area contributed by atoms with Crippen LogP contribution in [0.1, 0.15) is 31.7 Å². The summed E-state index contributed by atoms with van der Waals surface area (Å²) in [5.74, 6) is 0.335. The van der Waals surface area contributed by atoms with Gasteiger partial charge < -0.3 is 0 Å². The summed E-state index contributed by atoms with van der Waals surface area (Å²) < 4.78 is 28.5. The Labute approximate surface area is 142 Å². The molecule has 1 aromatic carbocycles. The Morgan fingerprint density at radius 1 is 1.29 bits per heavy atom. The van der Waals surface area contributed by atoms with Crippen molar-refractivity contribution in [3.05, 3.63) is 48.3 Å². The van der Waals surface area contributed by atoms with Gasteiger partial charge in [-0.3, -0.25) is 4.68 Å². The number of hydrogen-bond acceptors (Lipinski definition) is 4. The van der Waals surface area contributed by atoms with Crippen molar-refractivity contribution in [1.29, 1.82) is 5.26 Å². The van der Waals surface area contributed by atoms with Crippen LogP contribution >= 0.6 is 0 Å². The highest BCUT2D eigenvalue weighted by Crippen LogP contribution is 2.36. The lowest BCUT2D eigenvalue weighted by molar-refractivity contribution is 0.0716. The maximum Gasteiger partial charge on any atom is 0.243 e. The zero-order valence-corrected chi connectivity index (χ0v) is 14.6. The molecule has 0 atom stereocenters. The monoisotopic (exact) mass is 344 g/mol. The van der Waals surface area contributed by atoms with E-state index >= 15 is 0 Å². The smallest absolute Gasteiger partial charge is 0.243 e. The molecule has 0 aliphatic carbocycles. The van der Waals surface area contributed by atoms with E-state index in [1.807, 2.05) is 6.20 Å². The molecule has 1 fully saturated rings. The van der Waals surface area contributed by atoms with Crippen LogP contribution in [0.5, 0.6) is 0 Å². The molecule has 0 N–H and O–H groups in total. The van der Waals surface area contributed by atoms with Crippen LogP contribution in [0.4, 0.5) is 0 Å². The molecule has 1 aromatic heterocycles. The molecule has 0 amide bonds. The maximum atomic E-state index is 12.7. The van der Waals surface area contributed by atoms with Crippen LogP contribution in [-0.4, -0.2) is 35.6 Å². The SMILES string of the molecule is CC(C)c1cnn(C2(CC#N)CN(S(=O)(=O)c3ccccc3)C2)c1. The summed E-state index contributed by atoms with van der Waals surface area (Å²) in [4.78, 5) is 0.277. The normalized spacial score (nSPS) is 17.4. The second-order valence-electron chi connectivity index (χ2n) is 6.52. The summed E-state index contributed by atoms with van der Waals surface area (Å²) in [6.45, 7) is 4.67. The molecular formula is C17H20N4O2S. The number of nitrogens with zero attached hydrogens (tertiary/aromatic N) is 4. The topological polar surface area (TPSA) is 79.0 Å². The molecule has 7 heteroatoms. The minimum atomic E-state index is -3.53. The van der Waals surface area contributed by atoms with Gasteiger partial charge in [0.05, 0.1) is 23.6 Å². The standard InChI is InChI=1S/C17H20N4O2S/c1-14(2)15-10-19-21(11-15)17(8-9-18)12-20(13-17)24(22,23)16-6-4-3-5-7-16/h3-7,10-11,14H,8,12-13H2,1-2H3.